The Balaban J connectivity index is 4.93. The molecule has 0 aromatic carbocycles. The minimum Gasteiger partial charge on any atom is -0.480 e. The highest BCUT2D eigenvalue weighted by Crippen LogP contribution is 2.08. The molecular formula is C17H31N7O7. The lowest BCUT2D eigenvalue weighted by atomic mass is 10.1. The Hall–Kier alpha value is -3.58. The van der Waals surface area contributed by atoms with Crippen molar-refractivity contribution < 1.29 is 33.8 Å². The molecule has 0 saturated carbocycles. The predicted molar refractivity (Wildman–Crippen MR) is 109 cm³/mol. The summed E-state index contributed by atoms with van der Waals surface area (Å²) < 4.78 is 5.12. The molecule has 14 heteroatoms. The zero-order valence-corrected chi connectivity index (χ0v) is 17.8. The number of hydrogen-bond acceptors (Lipinski definition) is 7. The molecule has 0 aromatic rings. The molecule has 0 heterocycles. The molecule has 0 fully saturated rings. The van der Waals surface area contributed by atoms with E-state index in [0.29, 0.717) is 6.42 Å². The zero-order valence-electron chi connectivity index (χ0n) is 17.8. The fourth-order valence-corrected chi connectivity index (χ4v) is 2.16. The molecule has 0 rings (SSSR count). The van der Waals surface area contributed by atoms with Gasteiger partial charge in [0, 0.05) is 6.54 Å². The monoisotopic (exact) mass is 445 g/mol. The van der Waals surface area contributed by atoms with Crippen molar-refractivity contribution in [3.63, 3.8) is 0 Å². The number of carbonyl (C=O) groups excluding carboxylic acids is 4. The number of aliphatic imine (C=N–C) groups is 1. The van der Waals surface area contributed by atoms with Gasteiger partial charge in [0.15, 0.2) is 5.96 Å². The van der Waals surface area contributed by atoms with Crippen molar-refractivity contribution in [2.24, 2.45) is 22.2 Å². The Bertz CT molecular complexity index is 699. The van der Waals surface area contributed by atoms with E-state index in [1.54, 1.807) is 20.8 Å². The van der Waals surface area contributed by atoms with Crippen molar-refractivity contribution in [2.75, 3.05) is 13.1 Å². The third-order valence-electron chi connectivity index (χ3n) is 3.41. The van der Waals surface area contributed by atoms with E-state index in [2.05, 4.69) is 20.9 Å². The predicted octanol–water partition coefficient (Wildman–Crippen LogP) is -2.51. The van der Waals surface area contributed by atoms with Gasteiger partial charge in [-0.3, -0.25) is 19.4 Å². The molecule has 0 aliphatic heterocycles. The van der Waals surface area contributed by atoms with Gasteiger partial charge in [-0.15, -0.1) is 0 Å². The summed E-state index contributed by atoms with van der Waals surface area (Å²) in [7, 11) is 0. The zero-order chi connectivity index (χ0) is 24.2. The molecule has 0 radical (unpaired) electrons. The van der Waals surface area contributed by atoms with Gasteiger partial charge < -0.3 is 43.0 Å². The van der Waals surface area contributed by atoms with Gasteiger partial charge in [-0.2, -0.15) is 0 Å². The highest BCUT2D eigenvalue weighted by Gasteiger charge is 2.26. The van der Waals surface area contributed by atoms with Gasteiger partial charge in [0.25, 0.3) is 0 Å². The van der Waals surface area contributed by atoms with Crippen LogP contribution in [-0.2, 0) is 23.9 Å². The van der Waals surface area contributed by atoms with E-state index in [-0.39, 0.29) is 18.9 Å². The van der Waals surface area contributed by atoms with Crippen molar-refractivity contribution in [1.82, 2.24) is 16.0 Å². The van der Waals surface area contributed by atoms with Gasteiger partial charge in [-0.1, -0.05) is 0 Å². The quantitative estimate of drug-likeness (QED) is 0.0951. The number of alkyl carbamates (subject to hydrolysis) is 1. The Morgan fingerprint density at radius 2 is 1.65 bits per heavy atom. The lowest BCUT2D eigenvalue weighted by Gasteiger charge is -2.23. The number of carboxylic acid groups (broad SMARTS) is 1. The van der Waals surface area contributed by atoms with Gasteiger partial charge in [0.1, 0.15) is 17.7 Å². The van der Waals surface area contributed by atoms with Crippen LogP contribution in [0.4, 0.5) is 4.79 Å². The maximum absolute atomic E-state index is 12.4. The number of nitrogens with two attached hydrogens (primary N) is 3. The molecule has 2 unspecified atom stereocenters. The van der Waals surface area contributed by atoms with Crippen LogP contribution in [0.5, 0.6) is 0 Å². The van der Waals surface area contributed by atoms with Crippen molar-refractivity contribution in [1.29, 1.82) is 0 Å². The van der Waals surface area contributed by atoms with Crippen molar-refractivity contribution in [3.8, 4) is 0 Å². The standard InChI is InChI=1S/C17H31N7O7/c1-17(2,3)31-16(30)24-9(5-4-6-21-15(19)20)13(27)22-8-12(26)23-10(14(28)29)7-11(18)25/h9-10H,4-8H2,1-3H3,(H2,18,25)(H,22,27)(H,23,26)(H,24,30)(H,28,29)(H4,19,20,21). The Labute approximate surface area is 179 Å². The lowest BCUT2D eigenvalue weighted by molar-refractivity contribution is -0.143. The highest BCUT2D eigenvalue weighted by atomic mass is 16.6. The molecule has 10 N–H and O–H groups in total. The van der Waals surface area contributed by atoms with Gasteiger partial charge in [0.2, 0.25) is 17.7 Å². The summed E-state index contributed by atoms with van der Waals surface area (Å²) in [6, 6.07) is -2.60. The van der Waals surface area contributed by atoms with E-state index in [9.17, 15) is 24.0 Å². The second kappa shape index (κ2) is 12.9. The van der Waals surface area contributed by atoms with Crippen LogP contribution in [0, 0.1) is 0 Å². The van der Waals surface area contributed by atoms with Crippen LogP contribution in [0.2, 0.25) is 0 Å². The topological polar surface area (TPSA) is 241 Å². The number of primary amides is 1. The molecule has 14 nitrogen and oxygen atoms in total. The van der Waals surface area contributed by atoms with Crippen LogP contribution in [0.1, 0.15) is 40.0 Å². The smallest absolute Gasteiger partial charge is 0.408 e. The maximum atomic E-state index is 12.4. The Kier molecular flexibility index (Phi) is 11.4. The van der Waals surface area contributed by atoms with Gasteiger partial charge >= 0.3 is 12.1 Å². The average molecular weight is 445 g/mol. The number of guanidine groups is 1. The molecule has 0 spiro atoms. The summed E-state index contributed by atoms with van der Waals surface area (Å²) in [5.74, 6) is -4.07. The molecule has 0 bridgehead atoms. The molecule has 2 atom stereocenters. The fourth-order valence-electron chi connectivity index (χ4n) is 2.16. The normalized spacial score (nSPS) is 12.6. The maximum Gasteiger partial charge on any atom is 0.408 e. The van der Waals surface area contributed by atoms with E-state index in [1.165, 1.54) is 0 Å². The molecular weight excluding hydrogens is 414 g/mol. The largest absolute Gasteiger partial charge is 0.480 e. The van der Waals surface area contributed by atoms with E-state index >= 15 is 0 Å². The number of rotatable bonds is 12. The van der Waals surface area contributed by atoms with E-state index in [1.807, 2.05) is 0 Å². The Morgan fingerprint density at radius 3 is 2.13 bits per heavy atom. The number of hydrogen-bond donors (Lipinski definition) is 7. The second-order valence-corrected chi connectivity index (χ2v) is 7.49. The number of aliphatic carboxylic acids is 1. The van der Waals surface area contributed by atoms with Crippen molar-refractivity contribution in [3.05, 3.63) is 0 Å². The number of nitrogens with zero attached hydrogens (tertiary/aromatic N) is 1. The minimum absolute atomic E-state index is 0.123. The number of amides is 4. The van der Waals surface area contributed by atoms with E-state index < -0.39 is 60.4 Å². The van der Waals surface area contributed by atoms with Crippen molar-refractivity contribution >= 4 is 35.7 Å². The molecule has 0 aliphatic carbocycles. The van der Waals surface area contributed by atoms with Crippen LogP contribution < -0.4 is 33.2 Å². The third-order valence-corrected chi connectivity index (χ3v) is 3.41. The average Bonchev–Trinajstić information content (AvgIpc) is 2.59. The van der Waals surface area contributed by atoms with Crippen LogP contribution in [0.15, 0.2) is 4.99 Å². The van der Waals surface area contributed by atoms with Gasteiger partial charge in [0.05, 0.1) is 13.0 Å². The van der Waals surface area contributed by atoms with Gasteiger partial charge in [-0.05, 0) is 33.6 Å². The number of ether oxygens (including phenoxy) is 1. The second-order valence-electron chi connectivity index (χ2n) is 7.49. The lowest BCUT2D eigenvalue weighted by Crippen LogP contribution is -2.51. The highest BCUT2D eigenvalue weighted by molar-refractivity contribution is 5.92. The van der Waals surface area contributed by atoms with E-state index in [0.717, 1.165) is 0 Å². The number of carbonyl (C=O) groups is 5. The van der Waals surface area contributed by atoms with Crippen LogP contribution in [-0.4, -0.2) is 71.6 Å². The molecule has 0 aliphatic rings. The molecule has 176 valence electrons. The first-order chi connectivity index (χ1) is 14.2. The van der Waals surface area contributed by atoms with Crippen LogP contribution >= 0.6 is 0 Å². The summed E-state index contributed by atoms with van der Waals surface area (Å²) in [5, 5.41) is 15.7. The number of nitrogens with one attached hydrogen (secondary N) is 3. The molecule has 31 heavy (non-hydrogen) atoms. The Morgan fingerprint density at radius 1 is 1.03 bits per heavy atom. The first-order valence-electron chi connectivity index (χ1n) is 9.34. The molecule has 0 saturated heterocycles. The van der Waals surface area contributed by atoms with Crippen LogP contribution in [0.3, 0.4) is 0 Å². The van der Waals surface area contributed by atoms with E-state index in [4.69, 9.17) is 27.0 Å². The summed E-state index contributed by atoms with van der Waals surface area (Å²) in [5.41, 5.74) is 14.6. The molecule has 0 aromatic heterocycles. The van der Waals surface area contributed by atoms with Crippen molar-refractivity contribution in [2.45, 2.75) is 57.7 Å². The first kappa shape index (κ1) is 27.4. The molecule has 4 amide bonds. The summed E-state index contributed by atoms with van der Waals surface area (Å²) >= 11 is 0. The summed E-state index contributed by atoms with van der Waals surface area (Å²) in [6.07, 6.45) is -0.991. The fraction of sp³-hybridized carbons (Fsp3) is 0.647. The third kappa shape index (κ3) is 14.1. The minimum atomic E-state index is -1.53. The summed E-state index contributed by atoms with van der Waals surface area (Å²) in [6.45, 7) is 4.55. The van der Waals surface area contributed by atoms with Gasteiger partial charge in [-0.25, -0.2) is 9.59 Å². The SMILES string of the molecule is CC(C)(C)OC(=O)NC(CCCN=C(N)N)C(=O)NCC(=O)NC(CC(N)=O)C(=O)O. The number of carboxylic acids is 1. The summed E-state index contributed by atoms with van der Waals surface area (Å²) in [4.78, 5) is 62.1. The van der Waals surface area contributed by atoms with Crippen LogP contribution in [0.25, 0.3) is 0 Å². The first-order valence-corrected chi connectivity index (χ1v) is 9.34.